The van der Waals surface area contributed by atoms with E-state index < -0.39 is 0 Å². The van der Waals surface area contributed by atoms with Crippen LogP contribution >= 0.6 is 11.6 Å². The molecule has 2 rings (SSSR count). The van der Waals surface area contributed by atoms with Crippen molar-refractivity contribution in [2.24, 2.45) is 5.92 Å². The topological polar surface area (TPSA) is 35.0 Å². The Morgan fingerprint density at radius 2 is 1.92 bits per heavy atom. The van der Waals surface area contributed by atoms with Gasteiger partial charge in [-0.15, -0.1) is 0 Å². The van der Waals surface area contributed by atoms with Gasteiger partial charge in [-0.2, -0.15) is 0 Å². The molecule has 0 saturated heterocycles. The fourth-order valence-corrected chi connectivity index (χ4v) is 1.81. The Bertz CT molecular complexity index is 272. The Kier molecular flexibility index (Phi) is 2.76. The van der Waals surface area contributed by atoms with Crippen LogP contribution in [-0.4, -0.2) is 0 Å². The summed E-state index contributed by atoms with van der Waals surface area (Å²) in [5, 5.41) is 0.932. The van der Waals surface area contributed by atoms with Gasteiger partial charge in [0.1, 0.15) is 0 Å². The zero-order chi connectivity index (χ0) is 7.84. The largest absolute Gasteiger partial charge is 0.344 e. The van der Waals surface area contributed by atoms with Crippen LogP contribution in [0.15, 0.2) is 24.3 Å². The van der Waals surface area contributed by atoms with Crippen LogP contribution in [-0.2, 0) is 0 Å². The van der Waals surface area contributed by atoms with Crippen LogP contribution in [0.25, 0.3) is 0 Å². The molecule has 1 aliphatic carbocycles. The molecule has 12 heavy (non-hydrogen) atoms. The summed E-state index contributed by atoms with van der Waals surface area (Å²) < 4.78 is 0. The second kappa shape index (κ2) is 3.46. The van der Waals surface area contributed by atoms with Gasteiger partial charge in [-0.05, 0) is 29.9 Å². The third-order valence-corrected chi connectivity index (χ3v) is 2.76. The Morgan fingerprint density at radius 1 is 1.33 bits per heavy atom. The second-order valence-corrected chi connectivity index (χ2v) is 3.75. The van der Waals surface area contributed by atoms with E-state index >= 15 is 0 Å². The summed E-state index contributed by atoms with van der Waals surface area (Å²) >= 11 is 6.02. The van der Waals surface area contributed by atoms with Crippen molar-refractivity contribution >= 4 is 11.6 Å². The number of rotatable bonds is 1. The normalized spacial score (nSPS) is 26.2. The van der Waals surface area contributed by atoms with Crippen molar-refractivity contribution in [2.45, 2.75) is 19.3 Å². The Balaban J connectivity index is 0.000000720. The van der Waals surface area contributed by atoms with Gasteiger partial charge in [-0.25, -0.2) is 0 Å². The van der Waals surface area contributed by atoms with E-state index in [1.54, 1.807) is 0 Å². The fourth-order valence-electron chi connectivity index (χ4n) is 1.53. The van der Waals surface area contributed by atoms with Crippen molar-refractivity contribution < 1.29 is 0 Å². The monoisotopic (exact) mass is 183 g/mol. The molecule has 3 N–H and O–H groups in total. The van der Waals surface area contributed by atoms with E-state index in [4.69, 9.17) is 11.6 Å². The first-order valence-corrected chi connectivity index (χ1v) is 4.41. The summed E-state index contributed by atoms with van der Waals surface area (Å²) in [7, 11) is 0. The van der Waals surface area contributed by atoms with E-state index in [1.165, 1.54) is 12.0 Å². The highest BCUT2D eigenvalue weighted by Crippen LogP contribution is 2.48. The number of hydrogen-bond acceptors (Lipinski definition) is 1. The SMILES string of the molecule is CC1CC1c1ccccc1Cl.N. The van der Waals surface area contributed by atoms with E-state index in [0.717, 1.165) is 16.9 Å². The maximum absolute atomic E-state index is 6.02. The molecule has 1 nitrogen and oxygen atoms in total. The van der Waals surface area contributed by atoms with Gasteiger partial charge in [0, 0.05) is 5.02 Å². The molecule has 2 heteroatoms. The predicted octanol–water partition coefficient (Wildman–Crippen LogP) is 3.63. The molecule has 1 aromatic carbocycles. The molecule has 0 amide bonds. The van der Waals surface area contributed by atoms with Crippen molar-refractivity contribution in [3.8, 4) is 0 Å². The van der Waals surface area contributed by atoms with Crippen LogP contribution in [0.3, 0.4) is 0 Å². The van der Waals surface area contributed by atoms with Crippen molar-refractivity contribution in [3.63, 3.8) is 0 Å². The van der Waals surface area contributed by atoms with Crippen molar-refractivity contribution in [1.82, 2.24) is 6.15 Å². The van der Waals surface area contributed by atoms with Crippen LogP contribution in [0, 0.1) is 5.92 Å². The molecule has 0 spiro atoms. The molecular formula is C10H14ClN. The van der Waals surface area contributed by atoms with Crippen LogP contribution in [0.1, 0.15) is 24.8 Å². The summed E-state index contributed by atoms with van der Waals surface area (Å²) in [6, 6.07) is 8.16. The molecule has 0 aliphatic heterocycles. The Labute approximate surface area is 78.3 Å². The fraction of sp³-hybridized carbons (Fsp3) is 0.400. The zero-order valence-corrected chi connectivity index (χ0v) is 8.01. The van der Waals surface area contributed by atoms with Crippen molar-refractivity contribution in [1.29, 1.82) is 0 Å². The van der Waals surface area contributed by atoms with Gasteiger partial charge in [0.25, 0.3) is 0 Å². The average molecular weight is 184 g/mol. The quantitative estimate of drug-likeness (QED) is 0.709. The van der Waals surface area contributed by atoms with Gasteiger partial charge in [-0.3, -0.25) is 0 Å². The van der Waals surface area contributed by atoms with Crippen molar-refractivity contribution in [3.05, 3.63) is 34.9 Å². The van der Waals surface area contributed by atoms with Gasteiger partial charge in [0.15, 0.2) is 0 Å². The van der Waals surface area contributed by atoms with Crippen LogP contribution in [0.5, 0.6) is 0 Å². The summed E-state index contributed by atoms with van der Waals surface area (Å²) in [6.45, 7) is 2.27. The molecule has 0 heterocycles. The van der Waals surface area contributed by atoms with Gasteiger partial charge < -0.3 is 6.15 Å². The number of halogens is 1. The maximum atomic E-state index is 6.02. The lowest BCUT2D eigenvalue weighted by Gasteiger charge is -1.99. The summed E-state index contributed by atoms with van der Waals surface area (Å²) in [6.07, 6.45) is 1.31. The minimum absolute atomic E-state index is 0. The highest BCUT2D eigenvalue weighted by molar-refractivity contribution is 6.31. The Morgan fingerprint density at radius 3 is 2.42 bits per heavy atom. The van der Waals surface area contributed by atoms with Gasteiger partial charge in [-0.1, -0.05) is 36.7 Å². The number of hydrogen-bond donors (Lipinski definition) is 1. The zero-order valence-electron chi connectivity index (χ0n) is 7.26. The van der Waals surface area contributed by atoms with Gasteiger partial charge in [0.2, 0.25) is 0 Å². The molecule has 0 aromatic heterocycles. The van der Waals surface area contributed by atoms with E-state index in [-0.39, 0.29) is 6.15 Å². The predicted molar refractivity (Wildman–Crippen MR) is 53.0 cm³/mol. The minimum atomic E-state index is 0. The molecule has 2 atom stereocenters. The standard InChI is InChI=1S/C10H11Cl.H3N/c1-7-6-9(7)8-4-2-3-5-10(8)11;/h2-5,7,9H,6H2,1H3;1H3. The van der Waals surface area contributed by atoms with Crippen LogP contribution < -0.4 is 6.15 Å². The molecule has 1 aromatic rings. The van der Waals surface area contributed by atoms with Gasteiger partial charge >= 0.3 is 0 Å². The van der Waals surface area contributed by atoms with Crippen molar-refractivity contribution in [2.75, 3.05) is 0 Å². The van der Waals surface area contributed by atoms with Crippen LogP contribution in [0.4, 0.5) is 0 Å². The summed E-state index contributed by atoms with van der Waals surface area (Å²) in [5.41, 5.74) is 1.33. The lowest BCUT2D eigenvalue weighted by Crippen LogP contribution is -1.81. The molecule has 1 aliphatic rings. The third kappa shape index (κ3) is 1.62. The average Bonchev–Trinajstić information content (AvgIpc) is 2.68. The maximum Gasteiger partial charge on any atom is 0.0440 e. The van der Waals surface area contributed by atoms with E-state index in [0.29, 0.717) is 0 Å². The molecule has 2 unspecified atom stereocenters. The second-order valence-electron chi connectivity index (χ2n) is 3.34. The highest BCUT2D eigenvalue weighted by Gasteiger charge is 2.34. The molecule has 1 saturated carbocycles. The highest BCUT2D eigenvalue weighted by atomic mass is 35.5. The third-order valence-electron chi connectivity index (χ3n) is 2.41. The first-order valence-electron chi connectivity index (χ1n) is 4.03. The summed E-state index contributed by atoms with van der Waals surface area (Å²) in [4.78, 5) is 0. The molecular weight excluding hydrogens is 170 g/mol. The minimum Gasteiger partial charge on any atom is -0.344 e. The van der Waals surface area contributed by atoms with E-state index in [1.807, 2.05) is 12.1 Å². The summed E-state index contributed by atoms with van der Waals surface area (Å²) in [5.74, 6) is 1.58. The molecule has 1 fully saturated rings. The van der Waals surface area contributed by atoms with E-state index in [9.17, 15) is 0 Å². The smallest absolute Gasteiger partial charge is 0.0440 e. The van der Waals surface area contributed by atoms with Gasteiger partial charge in [0.05, 0.1) is 0 Å². The number of benzene rings is 1. The molecule has 66 valence electrons. The first-order chi connectivity index (χ1) is 5.29. The Hall–Kier alpha value is -0.530. The van der Waals surface area contributed by atoms with E-state index in [2.05, 4.69) is 19.1 Å². The first kappa shape index (κ1) is 9.56. The molecule has 0 bridgehead atoms. The lowest BCUT2D eigenvalue weighted by atomic mass is 10.1. The van der Waals surface area contributed by atoms with Crippen LogP contribution in [0.2, 0.25) is 5.02 Å². The lowest BCUT2D eigenvalue weighted by molar-refractivity contribution is 0.915. The molecule has 0 radical (unpaired) electrons.